The molecule has 234 valence electrons. The highest BCUT2D eigenvalue weighted by atomic mass is 19.1. The van der Waals surface area contributed by atoms with Gasteiger partial charge in [0.05, 0.1) is 32.5 Å². The number of carbonyl (C=O) groups excluding carboxylic acids is 1. The number of hydrogen-bond donors (Lipinski definition) is 2. The van der Waals surface area contributed by atoms with Crippen molar-refractivity contribution in [2.75, 3.05) is 38.4 Å². The fourth-order valence-electron chi connectivity index (χ4n) is 5.82. The lowest BCUT2D eigenvalue weighted by atomic mass is 9.90. The van der Waals surface area contributed by atoms with Gasteiger partial charge in [0, 0.05) is 49.1 Å². The quantitative estimate of drug-likeness (QED) is 0.397. The second-order valence-electron chi connectivity index (χ2n) is 11.1. The number of halogens is 2. The number of methoxy groups -OCH3 is 1. The Bertz CT molecular complexity index is 1650. The summed E-state index contributed by atoms with van der Waals surface area (Å²) < 4.78 is 48.7. The zero-order valence-electron chi connectivity index (χ0n) is 25.0. The fraction of sp³-hybridized carbons (Fsp3) is 0.406. The Morgan fingerprint density at radius 1 is 1.18 bits per heavy atom. The van der Waals surface area contributed by atoms with E-state index in [0.717, 1.165) is 12.1 Å². The van der Waals surface area contributed by atoms with Gasteiger partial charge in [-0.1, -0.05) is 12.1 Å². The monoisotopic (exact) mass is 611 g/mol. The number of carboxylic acid groups (broad SMARTS) is 1. The van der Waals surface area contributed by atoms with E-state index in [-0.39, 0.29) is 23.7 Å². The van der Waals surface area contributed by atoms with Crippen LogP contribution < -0.4 is 25.2 Å². The molecule has 1 fully saturated rings. The molecule has 1 saturated heterocycles. The third-order valence-electron chi connectivity index (χ3n) is 8.28. The molecule has 0 spiro atoms. The molecule has 5 rings (SSSR count). The van der Waals surface area contributed by atoms with Crippen molar-refractivity contribution in [1.29, 1.82) is 0 Å². The van der Waals surface area contributed by atoms with Crippen molar-refractivity contribution >= 4 is 17.6 Å². The van der Waals surface area contributed by atoms with Crippen molar-refractivity contribution in [2.24, 2.45) is 7.05 Å². The molecule has 2 aromatic carbocycles. The van der Waals surface area contributed by atoms with E-state index in [1.807, 2.05) is 6.92 Å². The highest BCUT2D eigenvalue weighted by molar-refractivity contribution is 5.97. The maximum Gasteiger partial charge on any atom is 0.326 e. The maximum atomic E-state index is 15.1. The number of benzene rings is 2. The van der Waals surface area contributed by atoms with Crippen LogP contribution in [0.3, 0.4) is 0 Å². The molecule has 0 saturated carbocycles. The third kappa shape index (κ3) is 5.86. The highest BCUT2D eigenvalue weighted by Crippen LogP contribution is 2.41. The molecule has 3 aromatic rings. The number of anilines is 1. The van der Waals surface area contributed by atoms with E-state index >= 15 is 8.78 Å². The predicted molar refractivity (Wildman–Crippen MR) is 159 cm³/mol. The Kier molecular flexibility index (Phi) is 8.91. The zero-order chi connectivity index (χ0) is 31.7. The Morgan fingerprint density at radius 3 is 2.57 bits per heavy atom. The molecule has 10 nitrogen and oxygen atoms in total. The minimum absolute atomic E-state index is 0.116. The van der Waals surface area contributed by atoms with Crippen LogP contribution in [-0.2, 0) is 29.4 Å². The number of morpholine rings is 1. The van der Waals surface area contributed by atoms with Crippen molar-refractivity contribution in [3.8, 4) is 22.6 Å². The number of rotatable bonds is 8. The molecule has 1 aromatic heterocycles. The molecule has 2 aliphatic rings. The first-order valence-electron chi connectivity index (χ1n) is 14.4. The first kappa shape index (κ1) is 31.0. The van der Waals surface area contributed by atoms with Crippen LogP contribution in [0.2, 0.25) is 0 Å². The minimum atomic E-state index is -1.50. The smallest absolute Gasteiger partial charge is 0.326 e. The number of pyridine rings is 1. The van der Waals surface area contributed by atoms with Crippen LogP contribution in [0.15, 0.2) is 35.1 Å². The summed E-state index contributed by atoms with van der Waals surface area (Å²) in [6.07, 6.45) is 1.02. The number of aliphatic carboxylic acids is 1. The minimum Gasteiger partial charge on any atom is -0.496 e. The molecule has 2 aliphatic heterocycles. The molecule has 3 heterocycles. The first-order chi connectivity index (χ1) is 21.0. The summed E-state index contributed by atoms with van der Waals surface area (Å²) in [6.45, 7) is 5.29. The number of aryl methyl sites for hydroxylation is 1. The van der Waals surface area contributed by atoms with E-state index in [9.17, 15) is 19.5 Å². The van der Waals surface area contributed by atoms with Gasteiger partial charge in [-0.15, -0.1) is 0 Å². The van der Waals surface area contributed by atoms with Gasteiger partial charge in [-0.2, -0.15) is 0 Å². The number of nitrogens with one attached hydrogen (secondary N) is 1. The molecular formula is C32H35F2N3O7. The van der Waals surface area contributed by atoms with E-state index in [0.29, 0.717) is 78.7 Å². The molecule has 0 bridgehead atoms. The van der Waals surface area contributed by atoms with E-state index < -0.39 is 35.1 Å². The molecule has 2 N–H and O–H groups in total. The van der Waals surface area contributed by atoms with Crippen LogP contribution in [0.5, 0.6) is 11.5 Å². The number of ether oxygens (including phenoxy) is 3. The van der Waals surface area contributed by atoms with Gasteiger partial charge in [-0.05, 0) is 49.9 Å². The second kappa shape index (κ2) is 12.7. The predicted octanol–water partition coefficient (Wildman–Crippen LogP) is 3.62. The van der Waals surface area contributed by atoms with Gasteiger partial charge in [-0.3, -0.25) is 9.59 Å². The summed E-state index contributed by atoms with van der Waals surface area (Å²) in [5.41, 5.74) is 1.93. The topological polar surface area (TPSA) is 119 Å². The summed E-state index contributed by atoms with van der Waals surface area (Å²) in [5.74, 6) is -3.92. The number of nitrogens with zero attached hydrogens (tertiary/aromatic N) is 2. The average molecular weight is 612 g/mol. The van der Waals surface area contributed by atoms with Gasteiger partial charge in [0.2, 0.25) is 0 Å². The number of carboxylic acids is 1. The van der Waals surface area contributed by atoms with E-state index in [1.54, 1.807) is 37.1 Å². The average Bonchev–Trinajstić information content (AvgIpc) is 2.99. The summed E-state index contributed by atoms with van der Waals surface area (Å²) in [7, 11) is 3.13. The Hall–Kier alpha value is -4.45. The van der Waals surface area contributed by atoms with E-state index in [2.05, 4.69) is 5.32 Å². The zero-order valence-corrected chi connectivity index (χ0v) is 25.0. The summed E-state index contributed by atoms with van der Waals surface area (Å²) >= 11 is 0. The van der Waals surface area contributed by atoms with Crippen LogP contribution in [0.25, 0.3) is 11.1 Å². The largest absolute Gasteiger partial charge is 0.496 e. The molecular weight excluding hydrogens is 576 g/mol. The lowest BCUT2D eigenvalue weighted by molar-refractivity contribution is -0.139. The van der Waals surface area contributed by atoms with Crippen LogP contribution in [-0.4, -0.2) is 67.1 Å². The van der Waals surface area contributed by atoms with Crippen LogP contribution in [0.4, 0.5) is 14.5 Å². The molecule has 0 aliphatic carbocycles. The first-order valence-corrected chi connectivity index (χ1v) is 14.4. The number of carbonyl (C=O) groups is 2. The normalized spacial score (nSPS) is 17.0. The van der Waals surface area contributed by atoms with E-state index in [4.69, 9.17) is 14.2 Å². The molecule has 12 heteroatoms. The van der Waals surface area contributed by atoms with Gasteiger partial charge in [-0.25, -0.2) is 13.6 Å². The second-order valence-corrected chi connectivity index (χ2v) is 11.1. The van der Waals surface area contributed by atoms with Gasteiger partial charge < -0.3 is 34.1 Å². The van der Waals surface area contributed by atoms with Crippen molar-refractivity contribution in [3.63, 3.8) is 0 Å². The van der Waals surface area contributed by atoms with Crippen LogP contribution in [0, 0.1) is 18.6 Å². The maximum absolute atomic E-state index is 15.1. The highest BCUT2D eigenvalue weighted by Gasteiger charge is 2.30. The summed E-state index contributed by atoms with van der Waals surface area (Å²) in [6, 6.07) is 5.64. The van der Waals surface area contributed by atoms with Crippen molar-refractivity contribution in [3.05, 3.63) is 74.7 Å². The fourth-order valence-corrected chi connectivity index (χ4v) is 5.82. The van der Waals surface area contributed by atoms with E-state index in [1.165, 1.54) is 11.7 Å². The SMILES string of the molecule is COc1cc(C)n(C)c(=O)c1-c1ccc(C[C@H](NC(=O)c2c(F)cc(N3CCOC[C@@H]3C)cc2F)C(=O)O)c2c1OCCC2. The van der Waals surface area contributed by atoms with Crippen molar-refractivity contribution in [2.45, 2.75) is 45.2 Å². The molecule has 2 atom stereocenters. The van der Waals surface area contributed by atoms with Gasteiger partial charge >= 0.3 is 5.97 Å². The third-order valence-corrected chi connectivity index (χ3v) is 8.28. The standard InChI is InChI=1S/C32H35F2N3O7/c1-17-12-26(42-4)27(31(39)36(17)3)22-8-7-19(21-6-5-10-44-29(21)22)13-25(32(40)41)35-30(38)28-23(33)14-20(15-24(28)34)37-9-11-43-16-18(37)2/h7-8,12,14-15,18,25H,5-6,9-11,13,16H2,1-4H3,(H,35,38)(H,40,41)/t18-,25-/m0/s1. The van der Waals surface area contributed by atoms with Gasteiger partial charge in [0.25, 0.3) is 11.5 Å². The van der Waals surface area contributed by atoms with Gasteiger partial charge in [0.1, 0.15) is 34.7 Å². The Labute approximate surface area is 253 Å². The summed E-state index contributed by atoms with van der Waals surface area (Å²) in [4.78, 5) is 40.4. The van der Waals surface area contributed by atoms with Crippen molar-refractivity contribution in [1.82, 2.24) is 9.88 Å². The van der Waals surface area contributed by atoms with Crippen molar-refractivity contribution < 1.29 is 37.7 Å². The number of hydrogen-bond acceptors (Lipinski definition) is 7. The summed E-state index contributed by atoms with van der Waals surface area (Å²) in [5, 5.41) is 12.3. The Balaban J connectivity index is 1.45. The molecule has 44 heavy (non-hydrogen) atoms. The molecule has 0 unspecified atom stereocenters. The number of aromatic nitrogens is 1. The van der Waals surface area contributed by atoms with Crippen LogP contribution >= 0.6 is 0 Å². The molecule has 0 radical (unpaired) electrons. The lowest BCUT2D eigenvalue weighted by Gasteiger charge is -2.35. The molecule has 1 amide bonds. The number of fused-ring (bicyclic) bond motifs is 1. The number of amides is 1. The van der Waals surface area contributed by atoms with Gasteiger partial charge in [0.15, 0.2) is 0 Å². The lowest BCUT2D eigenvalue weighted by Crippen LogP contribution is -2.44. The van der Waals surface area contributed by atoms with Crippen LogP contribution in [0.1, 0.15) is 40.5 Å². The Morgan fingerprint density at radius 2 is 1.91 bits per heavy atom.